The second-order valence-corrected chi connectivity index (χ2v) is 3.44. The summed E-state index contributed by atoms with van der Waals surface area (Å²) in [5.41, 5.74) is 1.67. The van der Waals surface area contributed by atoms with Gasteiger partial charge in [-0.1, -0.05) is 0 Å². The highest BCUT2D eigenvalue weighted by molar-refractivity contribution is 5.95. The highest BCUT2D eigenvalue weighted by atomic mass is 16.1. The second kappa shape index (κ2) is 3.17. The van der Waals surface area contributed by atoms with Crippen molar-refractivity contribution in [3.05, 3.63) is 29.6 Å². The molecule has 0 radical (unpaired) electrons. The van der Waals surface area contributed by atoms with E-state index in [2.05, 4.69) is 10.3 Å². The van der Waals surface area contributed by atoms with Crippen LogP contribution in [0.4, 0.5) is 0 Å². The lowest BCUT2D eigenvalue weighted by Crippen LogP contribution is -2.26. The van der Waals surface area contributed by atoms with Crippen molar-refractivity contribution in [3.8, 4) is 0 Å². The SMILES string of the molecule is Cc1ccncc1C(=O)NC1CC1. The van der Waals surface area contributed by atoms with Crippen LogP contribution in [-0.4, -0.2) is 16.9 Å². The van der Waals surface area contributed by atoms with Gasteiger partial charge in [0, 0.05) is 18.4 Å². The molecule has 1 amide bonds. The fraction of sp³-hybridized carbons (Fsp3) is 0.400. The smallest absolute Gasteiger partial charge is 0.253 e. The average molecular weight is 176 g/mol. The number of amides is 1. The molecule has 1 fully saturated rings. The fourth-order valence-corrected chi connectivity index (χ4v) is 1.19. The minimum absolute atomic E-state index is 0.00750. The van der Waals surface area contributed by atoms with E-state index in [1.54, 1.807) is 12.4 Å². The predicted octanol–water partition coefficient (Wildman–Crippen LogP) is 1.28. The summed E-state index contributed by atoms with van der Waals surface area (Å²) in [6.07, 6.45) is 5.55. The van der Waals surface area contributed by atoms with E-state index in [1.165, 1.54) is 0 Å². The Morgan fingerprint density at radius 2 is 2.38 bits per heavy atom. The number of aryl methyl sites for hydroxylation is 1. The summed E-state index contributed by atoms with van der Waals surface area (Å²) >= 11 is 0. The van der Waals surface area contributed by atoms with Crippen molar-refractivity contribution in [2.75, 3.05) is 0 Å². The number of rotatable bonds is 2. The zero-order valence-corrected chi connectivity index (χ0v) is 7.58. The van der Waals surface area contributed by atoms with Crippen LogP contribution in [0.2, 0.25) is 0 Å². The standard InChI is InChI=1S/C10H12N2O/c1-7-4-5-11-6-9(7)10(13)12-8-2-3-8/h4-6,8H,2-3H2,1H3,(H,12,13). The van der Waals surface area contributed by atoms with Crippen LogP contribution in [0.3, 0.4) is 0 Å². The van der Waals surface area contributed by atoms with Gasteiger partial charge in [0.15, 0.2) is 0 Å². The van der Waals surface area contributed by atoms with Gasteiger partial charge in [-0.25, -0.2) is 0 Å². The van der Waals surface area contributed by atoms with Crippen molar-refractivity contribution >= 4 is 5.91 Å². The first-order chi connectivity index (χ1) is 6.27. The molecule has 0 saturated heterocycles. The molecule has 0 bridgehead atoms. The van der Waals surface area contributed by atoms with Crippen molar-refractivity contribution in [1.29, 1.82) is 0 Å². The summed E-state index contributed by atoms with van der Waals surface area (Å²) in [5.74, 6) is 0.00750. The molecule has 0 aliphatic heterocycles. The Balaban J connectivity index is 2.13. The Bertz CT molecular complexity index is 331. The summed E-state index contributed by atoms with van der Waals surface area (Å²) in [6.45, 7) is 1.92. The van der Waals surface area contributed by atoms with E-state index in [1.807, 2.05) is 13.0 Å². The molecule has 0 unspecified atom stereocenters. The molecule has 1 aromatic rings. The molecule has 13 heavy (non-hydrogen) atoms. The first-order valence-corrected chi connectivity index (χ1v) is 4.49. The highest BCUT2D eigenvalue weighted by Crippen LogP contribution is 2.19. The van der Waals surface area contributed by atoms with E-state index in [9.17, 15) is 4.79 Å². The Kier molecular flexibility index (Phi) is 2.00. The van der Waals surface area contributed by atoms with Gasteiger partial charge in [-0.3, -0.25) is 9.78 Å². The van der Waals surface area contributed by atoms with Gasteiger partial charge < -0.3 is 5.32 Å². The van der Waals surface area contributed by atoms with Crippen LogP contribution in [0.15, 0.2) is 18.5 Å². The largest absolute Gasteiger partial charge is 0.349 e. The molecule has 3 nitrogen and oxygen atoms in total. The molecule has 1 aliphatic carbocycles. The first-order valence-electron chi connectivity index (χ1n) is 4.49. The van der Waals surface area contributed by atoms with E-state index in [4.69, 9.17) is 0 Å². The van der Waals surface area contributed by atoms with Crippen LogP contribution in [0.5, 0.6) is 0 Å². The van der Waals surface area contributed by atoms with Gasteiger partial charge in [0.2, 0.25) is 0 Å². The van der Waals surface area contributed by atoms with Crippen molar-refractivity contribution in [1.82, 2.24) is 10.3 Å². The molecule has 1 aliphatic rings. The number of nitrogens with one attached hydrogen (secondary N) is 1. The second-order valence-electron chi connectivity index (χ2n) is 3.44. The van der Waals surface area contributed by atoms with Gasteiger partial charge in [-0.05, 0) is 31.4 Å². The van der Waals surface area contributed by atoms with Gasteiger partial charge in [0.1, 0.15) is 0 Å². The van der Waals surface area contributed by atoms with Crippen LogP contribution in [0.1, 0.15) is 28.8 Å². The number of carbonyl (C=O) groups excluding carboxylic acids is 1. The molecule has 1 heterocycles. The normalized spacial score (nSPS) is 15.5. The van der Waals surface area contributed by atoms with E-state index >= 15 is 0 Å². The zero-order valence-electron chi connectivity index (χ0n) is 7.58. The van der Waals surface area contributed by atoms with Crippen molar-refractivity contribution in [3.63, 3.8) is 0 Å². The monoisotopic (exact) mass is 176 g/mol. The lowest BCUT2D eigenvalue weighted by atomic mass is 10.1. The Labute approximate surface area is 77.2 Å². The third-order valence-electron chi connectivity index (χ3n) is 2.20. The van der Waals surface area contributed by atoms with Gasteiger partial charge in [-0.15, -0.1) is 0 Å². The van der Waals surface area contributed by atoms with Gasteiger partial charge in [0.05, 0.1) is 5.56 Å². The minimum atomic E-state index is 0.00750. The molecule has 2 rings (SSSR count). The molecule has 1 aromatic heterocycles. The van der Waals surface area contributed by atoms with Crippen LogP contribution < -0.4 is 5.32 Å². The van der Waals surface area contributed by atoms with Crippen LogP contribution in [0, 0.1) is 6.92 Å². The third-order valence-corrected chi connectivity index (χ3v) is 2.20. The molecule has 0 aromatic carbocycles. The quantitative estimate of drug-likeness (QED) is 0.737. The highest BCUT2D eigenvalue weighted by Gasteiger charge is 2.24. The molecular weight excluding hydrogens is 164 g/mol. The van der Waals surface area contributed by atoms with E-state index < -0.39 is 0 Å². The van der Waals surface area contributed by atoms with Gasteiger partial charge in [-0.2, -0.15) is 0 Å². The van der Waals surface area contributed by atoms with Crippen LogP contribution in [0.25, 0.3) is 0 Å². The van der Waals surface area contributed by atoms with Gasteiger partial charge >= 0.3 is 0 Å². The number of hydrogen-bond acceptors (Lipinski definition) is 2. The average Bonchev–Trinajstić information content (AvgIpc) is 2.89. The number of aromatic nitrogens is 1. The lowest BCUT2D eigenvalue weighted by Gasteiger charge is -2.04. The maximum atomic E-state index is 11.6. The Morgan fingerprint density at radius 1 is 1.62 bits per heavy atom. The minimum Gasteiger partial charge on any atom is -0.349 e. The Hall–Kier alpha value is -1.38. The summed E-state index contributed by atoms with van der Waals surface area (Å²) in [5, 5.41) is 2.93. The molecule has 1 saturated carbocycles. The maximum Gasteiger partial charge on any atom is 0.253 e. The van der Waals surface area contributed by atoms with E-state index in [-0.39, 0.29) is 5.91 Å². The van der Waals surface area contributed by atoms with Crippen LogP contribution in [-0.2, 0) is 0 Å². The molecular formula is C10H12N2O. The molecule has 3 heteroatoms. The summed E-state index contributed by atoms with van der Waals surface area (Å²) in [4.78, 5) is 15.5. The summed E-state index contributed by atoms with van der Waals surface area (Å²) in [7, 11) is 0. The van der Waals surface area contributed by atoms with Gasteiger partial charge in [0.25, 0.3) is 5.91 Å². The number of pyridine rings is 1. The van der Waals surface area contributed by atoms with E-state index in [0.717, 1.165) is 18.4 Å². The molecule has 0 atom stereocenters. The summed E-state index contributed by atoms with van der Waals surface area (Å²) in [6, 6.07) is 2.26. The van der Waals surface area contributed by atoms with Crippen molar-refractivity contribution < 1.29 is 4.79 Å². The number of carbonyl (C=O) groups is 1. The zero-order chi connectivity index (χ0) is 9.26. The number of nitrogens with zero attached hydrogens (tertiary/aromatic N) is 1. The third kappa shape index (κ3) is 1.86. The van der Waals surface area contributed by atoms with Crippen molar-refractivity contribution in [2.45, 2.75) is 25.8 Å². The number of hydrogen-bond donors (Lipinski definition) is 1. The first kappa shape index (κ1) is 8.23. The predicted molar refractivity (Wildman–Crippen MR) is 49.5 cm³/mol. The van der Waals surface area contributed by atoms with Crippen molar-refractivity contribution in [2.24, 2.45) is 0 Å². The topological polar surface area (TPSA) is 42.0 Å². The van der Waals surface area contributed by atoms with Crippen LogP contribution >= 0.6 is 0 Å². The Morgan fingerprint density at radius 3 is 3.00 bits per heavy atom. The molecule has 0 spiro atoms. The molecule has 1 N–H and O–H groups in total. The van der Waals surface area contributed by atoms with E-state index in [0.29, 0.717) is 11.6 Å². The molecule has 68 valence electrons. The summed E-state index contributed by atoms with van der Waals surface area (Å²) < 4.78 is 0. The maximum absolute atomic E-state index is 11.6. The lowest BCUT2D eigenvalue weighted by molar-refractivity contribution is 0.0950. The fourth-order valence-electron chi connectivity index (χ4n) is 1.19.